The molecule has 6 heteroatoms. The fraction of sp³-hybridized carbons (Fsp3) is 0.167. The number of allylic oxidation sites excluding steroid dienone is 3. The van der Waals surface area contributed by atoms with Crippen molar-refractivity contribution in [3.8, 4) is 0 Å². The Morgan fingerprint density at radius 3 is 3.11 bits per heavy atom. The minimum absolute atomic E-state index is 0.239. The van der Waals surface area contributed by atoms with E-state index in [1.807, 2.05) is 13.0 Å². The van der Waals surface area contributed by atoms with E-state index < -0.39 is 0 Å². The summed E-state index contributed by atoms with van der Waals surface area (Å²) in [6.45, 7) is 1.95. The zero-order chi connectivity index (χ0) is 12.3. The number of thiazole rings is 1. The molecule has 2 aliphatic carbocycles. The lowest BCUT2D eigenvalue weighted by molar-refractivity contribution is -0.112. The Kier molecular flexibility index (Phi) is 1.78. The van der Waals surface area contributed by atoms with Gasteiger partial charge in [0.05, 0.1) is 5.70 Å². The first-order valence-electron chi connectivity index (χ1n) is 5.56. The normalized spacial score (nSPS) is 19.1. The van der Waals surface area contributed by atoms with E-state index in [1.165, 1.54) is 22.5 Å². The van der Waals surface area contributed by atoms with Crippen molar-refractivity contribution in [3.05, 3.63) is 45.3 Å². The van der Waals surface area contributed by atoms with E-state index in [0.29, 0.717) is 10.8 Å². The highest BCUT2D eigenvalue weighted by Crippen LogP contribution is 2.51. The van der Waals surface area contributed by atoms with E-state index >= 15 is 0 Å². The van der Waals surface area contributed by atoms with Crippen molar-refractivity contribution in [3.63, 3.8) is 0 Å². The Balaban J connectivity index is 1.64. The molecule has 3 aliphatic rings. The quantitative estimate of drug-likeness (QED) is 0.884. The molecule has 1 saturated carbocycles. The lowest BCUT2D eigenvalue weighted by Crippen LogP contribution is -2.13. The molecule has 2 heterocycles. The van der Waals surface area contributed by atoms with E-state index in [2.05, 4.69) is 20.5 Å². The fourth-order valence-electron chi connectivity index (χ4n) is 2.11. The molecule has 1 aliphatic heterocycles. The minimum Gasteiger partial charge on any atom is -0.296 e. The van der Waals surface area contributed by atoms with E-state index in [1.54, 1.807) is 6.20 Å². The van der Waals surface area contributed by atoms with Gasteiger partial charge in [-0.25, -0.2) is 4.98 Å². The number of rotatable bonds is 2. The molecule has 0 bridgehead atoms. The molecular formula is C12H8N4OS. The summed E-state index contributed by atoms with van der Waals surface area (Å²) in [5.41, 5.74) is 4.66. The Morgan fingerprint density at radius 1 is 1.44 bits per heavy atom. The molecule has 1 N–H and O–H groups in total. The van der Waals surface area contributed by atoms with Gasteiger partial charge in [0.25, 0.3) is 5.91 Å². The molecule has 0 radical (unpaired) electrons. The molecule has 4 rings (SSSR count). The first-order valence-corrected chi connectivity index (χ1v) is 6.38. The highest BCUT2D eigenvalue weighted by Gasteiger charge is 2.38. The minimum atomic E-state index is -0.239. The van der Waals surface area contributed by atoms with Gasteiger partial charge >= 0.3 is 0 Å². The molecule has 0 aromatic carbocycles. The summed E-state index contributed by atoms with van der Waals surface area (Å²) in [6, 6.07) is 0. The summed E-state index contributed by atoms with van der Waals surface area (Å²) < 4.78 is 0. The van der Waals surface area contributed by atoms with Crippen molar-refractivity contribution in [1.82, 2.24) is 4.98 Å². The van der Waals surface area contributed by atoms with Crippen molar-refractivity contribution in [2.24, 2.45) is 10.2 Å². The summed E-state index contributed by atoms with van der Waals surface area (Å²) in [6.07, 6.45) is 4.74. The number of nitrogens with one attached hydrogen (secondary N) is 1. The van der Waals surface area contributed by atoms with E-state index in [0.717, 1.165) is 22.6 Å². The Bertz CT molecular complexity index is 720. The average molecular weight is 256 g/mol. The van der Waals surface area contributed by atoms with E-state index in [4.69, 9.17) is 0 Å². The van der Waals surface area contributed by atoms with Crippen molar-refractivity contribution >= 4 is 22.4 Å². The molecule has 5 nitrogen and oxygen atoms in total. The summed E-state index contributed by atoms with van der Waals surface area (Å²) in [7, 11) is 0. The molecule has 1 amide bonds. The summed E-state index contributed by atoms with van der Waals surface area (Å²) in [4.78, 5) is 17.2. The van der Waals surface area contributed by atoms with Crippen LogP contribution in [0.4, 0.5) is 5.13 Å². The molecule has 0 atom stereocenters. The largest absolute Gasteiger partial charge is 0.296 e. The highest BCUT2D eigenvalue weighted by atomic mass is 32.1. The number of hydrogen-bond donors (Lipinski definition) is 1. The third-order valence-electron chi connectivity index (χ3n) is 3.05. The number of aryl methyl sites for hydroxylation is 1. The second-order valence-corrected chi connectivity index (χ2v) is 5.60. The molecule has 0 saturated heterocycles. The number of aromatic nitrogens is 1. The maximum atomic E-state index is 12.1. The lowest BCUT2D eigenvalue weighted by Gasteiger charge is -2.00. The van der Waals surface area contributed by atoms with Gasteiger partial charge in [-0.05, 0) is 24.1 Å². The van der Waals surface area contributed by atoms with Crippen molar-refractivity contribution in [2.75, 3.05) is 5.32 Å². The van der Waals surface area contributed by atoms with Gasteiger partial charge in [-0.2, -0.15) is 0 Å². The first kappa shape index (κ1) is 9.90. The van der Waals surface area contributed by atoms with E-state index in [-0.39, 0.29) is 5.91 Å². The third-order valence-corrected chi connectivity index (χ3v) is 3.88. The monoisotopic (exact) mass is 256 g/mol. The molecule has 1 aromatic rings. The van der Waals surface area contributed by atoms with Crippen LogP contribution in [0.15, 0.2) is 50.6 Å². The van der Waals surface area contributed by atoms with Crippen LogP contribution in [0.2, 0.25) is 0 Å². The number of azo groups is 1. The van der Waals surface area contributed by atoms with Crippen LogP contribution in [0.25, 0.3) is 0 Å². The number of nitrogens with zero attached hydrogens (tertiary/aromatic N) is 3. The van der Waals surface area contributed by atoms with Gasteiger partial charge in [0.15, 0.2) is 10.8 Å². The van der Waals surface area contributed by atoms with Crippen LogP contribution in [0, 0.1) is 6.92 Å². The third kappa shape index (κ3) is 1.32. The lowest BCUT2D eigenvalue weighted by atomic mass is 10.1. The van der Waals surface area contributed by atoms with Crippen molar-refractivity contribution in [1.29, 1.82) is 0 Å². The average Bonchev–Trinajstić information content (AvgIpc) is 2.72. The first-order chi connectivity index (χ1) is 8.72. The van der Waals surface area contributed by atoms with Crippen molar-refractivity contribution < 1.29 is 4.79 Å². The SMILES string of the molecule is Cc1cnc(NC(=O)C2=C3C=C4CC4=C3N=N2)s1. The molecular weight excluding hydrogens is 248 g/mol. The van der Waals surface area contributed by atoms with Gasteiger partial charge in [0.1, 0.15) is 0 Å². The van der Waals surface area contributed by atoms with Crippen LogP contribution in [0.3, 0.4) is 0 Å². The molecule has 18 heavy (non-hydrogen) atoms. The van der Waals surface area contributed by atoms with Gasteiger partial charge in [-0.1, -0.05) is 0 Å². The van der Waals surface area contributed by atoms with Gasteiger partial charge in [0.2, 0.25) is 0 Å². The van der Waals surface area contributed by atoms with Gasteiger partial charge in [-0.15, -0.1) is 21.6 Å². The Hall–Kier alpha value is -2.08. The number of hydrogen-bond acceptors (Lipinski definition) is 5. The van der Waals surface area contributed by atoms with Gasteiger partial charge in [-0.3, -0.25) is 10.1 Å². The van der Waals surface area contributed by atoms with Crippen LogP contribution >= 0.6 is 11.3 Å². The number of anilines is 1. The number of amides is 1. The van der Waals surface area contributed by atoms with Gasteiger partial charge in [0, 0.05) is 23.1 Å². The smallest absolute Gasteiger partial charge is 0.278 e. The van der Waals surface area contributed by atoms with Crippen LogP contribution < -0.4 is 5.32 Å². The van der Waals surface area contributed by atoms with Gasteiger partial charge < -0.3 is 0 Å². The van der Waals surface area contributed by atoms with Crippen LogP contribution in [0.1, 0.15) is 11.3 Å². The zero-order valence-electron chi connectivity index (χ0n) is 9.52. The maximum Gasteiger partial charge on any atom is 0.278 e. The second kappa shape index (κ2) is 3.23. The van der Waals surface area contributed by atoms with Crippen LogP contribution in [-0.2, 0) is 4.79 Å². The molecule has 1 fully saturated rings. The Labute approximate surface area is 107 Å². The predicted octanol–water partition coefficient (Wildman–Crippen LogP) is 2.71. The summed E-state index contributed by atoms with van der Waals surface area (Å²) in [5.74, 6) is -0.239. The number of fused-ring (bicyclic) bond motifs is 2. The topological polar surface area (TPSA) is 66.7 Å². The molecule has 1 aromatic heterocycles. The predicted molar refractivity (Wildman–Crippen MR) is 67.1 cm³/mol. The molecule has 0 unspecified atom stereocenters. The van der Waals surface area contributed by atoms with Crippen LogP contribution in [0.5, 0.6) is 0 Å². The Morgan fingerprint density at radius 2 is 2.33 bits per heavy atom. The van der Waals surface area contributed by atoms with Crippen molar-refractivity contribution in [2.45, 2.75) is 13.3 Å². The summed E-state index contributed by atoms with van der Waals surface area (Å²) in [5, 5.41) is 11.4. The number of carbonyl (C=O) groups excluding carboxylic acids is 1. The standard InChI is InChI=1S/C12H8N4OS/c1-5-4-13-12(18-5)14-11(17)10-8-3-6-2-7(6)9(8)15-16-10/h3-4H,2H2,1H3,(H,13,14,17). The number of carbonyl (C=O) groups is 1. The van der Waals surface area contributed by atoms with E-state index in [9.17, 15) is 4.79 Å². The van der Waals surface area contributed by atoms with Crippen LogP contribution in [-0.4, -0.2) is 10.9 Å². The molecule has 88 valence electrons. The fourth-order valence-corrected chi connectivity index (χ4v) is 2.77. The highest BCUT2D eigenvalue weighted by molar-refractivity contribution is 7.15. The summed E-state index contributed by atoms with van der Waals surface area (Å²) >= 11 is 1.44. The molecule has 0 spiro atoms. The zero-order valence-corrected chi connectivity index (χ0v) is 10.3. The second-order valence-electron chi connectivity index (χ2n) is 4.37. The maximum absolute atomic E-state index is 12.1.